The molecule has 2 atom stereocenters. The van der Waals surface area contributed by atoms with Crippen LogP contribution in [0.5, 0.6) is 0 Å². The zero-order valence-electron chi connectivity index (χ0n) is 10.8. The van der Waals surface area contributed by atoms with Gasteiger partial charge in [0, 0.05) is 37.3 Å². The van der Waals surface area contributed by atoms with Crippen molar-refractivity contribution in [2.24, 2.45) is 0 Å². The number of nitrogens with one attached hydrogen (secondary N) is 3. The summed E-state index contributed by atoms with van der Waals surface area (Å²) in [6.07, 6.45) is 1.79. The van der Waals surface area contributed by atoms with E-state index in [2.05, 4.69) is 15.6 Å². The Labute approximate surface area is 111 Å². The van der Waals surface area contributed by atoms with Gasteiger partial charge in [-0.15, -0.1) is 0 Å². The number of para-hydroxylation sites is 1. The van der Waals surface area contributed by atoms with Crippen LogP contribution in [0.1, 0.15) is 10.4 Å². The summed E-state index contributed by atoms with van der Waals surface area (Å²) < 4.78 is 5.34. The lowest BCUT2D eigenvalue weighted by molar-refractivity contribution is 0.0781. The number of amides is 1. The molecule has 1 saturated heterocycles. The fraction of sp³-hybridized carbons (Fsp3) is 0.357. The molecule has 1 aromatic heterocycles. The lowest BCUT2D eigenvalue weighted by atomic mass is 10.1. The van der Waals surface area contributed by atoms with Crippen molar-refractivity contribution in [1.82, 2.24) is 15.6 Å². The van der Waals surface area contributed by atoms with Gasteiger partial charge >= 0.3 is 0 Å². The van der Waals surface area contributed by atoms with E-state index in [4.69, 9.17) is 4.74 Å². The van der Waals surface area contributed by atoms with E-state index < -0.39 is 0 Å². The maximum absolute atomic E-state index is 12.3. The SMILES string of the molecule is CO[C@H]1CNCC1NC(=O)c1c[nH]c2ccccc12. The number of carbonyl (C=O) groups excluding carboxylic acids is 1. The normalized spacial score (nSPS) is 22.8. The summed E-state index contributed by atoms with van der Waals surface area (Å²) in [7, 11) is 1.67. The smallest absolute Gasteiger partial charge is 0.253 e. The quantitative estimate of drug-likeness (QED) is 0.766. The van der Waals surface area contributed by atoms with Gasteiger partial charge in [-0.1, -0.05) is 18.2 Å². The zero-order chi connectivity index (χ0) is 13.2. The molecule has 0 aliphatic carbocycles. The van der Waals surface area contributed by atoms with E-state index in [-0.39, 0.29) is 18.1 Å². The highest BCUT2D eigenvalue weighted by atomic mass is 16.5. The number of aromatic nitrogens is 1. The Hall–Kier alpha value is -1.85. The Balaban J connectivity index is 1.80. The molecule has 0 spiro atoms. The molecule has 0 saturated carbocycles. The molecule has 1 aliphatic rings. The third-order valence-electron chi connectivity index (χ3n) is 3.61. The molecule has 1 amide bonds. The lowest BCUT2D eigenvalue weighted by Crippen LogP contribution is -2.43. The van der Waals surface area contributed by atoms with Crippen molar-refractivity contribution >= 4 is 16.8 Å². The van der Waals surface area contributed by atoms with Gasteiger partial charge in [-0.2, -0.15) is 0 Å². The van der Waals surface area contributed by atoms with Crippen LogP contribution in [0.4, 0.5) is 0 Å². The predicted octanol–water partition coefficient (Wildman–Crippen LogP) is 0.885. The molecule has 19 heavy (non-hydrogen) atoms. The molecule has 0 radical (unpaired) electrons. The minimum atomic E-state index is -0.0619. The van der Waals surface area contributed by atoms with Crippen LogP contribution in [0, 0.1) is 0 Å². The van der Waals surface area contributed by atoms with Crippen molar-refractivity contribution in [1.29, 1.82) is 0 Å². The first kappa shape index (κ1) is 12.2. The number of methoxy groups -OCH3 is 1. The van der Waals surface area contributed by atoms with Crippen molar-refractivity contribution in [3.63, 3.8) is 0 Å². The van der Waals surface area contributed by atoms with E-state index in [0.29, 0.717) is 5.56 Å². The average molecular weight is 259 g/mol. The number of aromatic amines is 1. The van der Waals surface area contributed by atoms with Crippen LogP contribution in [0.3, 0.4) is 0 Å². The molecule has 3 N–H and O–H groups in total. The Morgan fingerprint density at radius 2 is 2.21 bits per heavy atom. The molecule has 3 rings (SSSR count). The van der Waals surface area contributed by atoms with Crippen molar-refractivity contribution in [3.8, 4) is 0 Å². The summed E-state index contributed by atoms with van der Waals surface area (Å²) in [4.78, 5) is 15.4. The van der Waals surface area contributed by atoms with Gasteiger partial charge in [0.15, 0.2) is 0 Å². The molecule has 1 aliphatic heterocycles. The minimum absolute atomic E-state index is 0.0196. The van der Waals surface area contributed by atoms with E-state index in [1.807, 2.05) is 24.3 Å². The van der Waals surface area contributed by atoms with Gasteiger partial charge < -0.3 is 20.4 Å². The monoisotopic (exact) mass is 259 g/mol. The van der Waals surface area contributed by atoms with Crippen LogP contribution < -0.4 is 10.6 Å². The van der Waals surface area contributed by atoms with Gasteiger partial charge in [-0.05, 0) is 6.07 Å². The molecule has 1 aromatic carbocycles. The van der Waals surface area contributed by atoms with Crippen molar-refractivity contribution in [3.05, 3.63) is 36.0 Å². The number of fused-ring (bicyclic) bond motifs is 1. The summed E-state index contributed by atoms with van der Waals surface area (Å²) in [5, 5.41) is 7.19. The first-order valence-corrected chi connectivity index (χ1v) is 6.40. The molecular weight excluding hydrogens is 242 g/mol. The van der Waals surface area contributed by atoms with Crippen molar-refractivity contribution < 1.29 is 9.53 Å². The van der Waals surface area contributed by atoms with Crippen LogP contribution >= 0.6 is 0 Å². The molecular formula is C14H17N3O2. The van der Waals surface area contributed by atoms with Crippen molar-refractivity contribution in [2.75, 3.05) is 20.2 Å². The van der Waals surface area contributed by atoms with E-state index in [9.17, 15) is 4.79 Å². The van der Waals surface area contributed by atoms with Gasteiger partial charge in [0.25, 0.3) is 5.91 Å². The fourth-order valence-electron chi connectivity index (χ4n) is 2.55. The highest BCUT2D eigenvalue weighted by Gasteiger charge is 2.28. The largest absolute Gasteiger partial charge is 0.378 e. The number of ether oxygens (including phenoxy) is 1. The van der Waals surface area contributed by atoms with E-state index in [1.165, 1.54) is 0 Å². The molecule has 2 heterocycles. The Morgan fingerprint density at radius 1 is 1.37 bits per heavy atom. The molecule has 2 aromatic rings. The first-order valence-electron chi connectivity index (χ1n) is 6.40. The van der Waals surface area contributed by atoms with Crippen molar-refractivity contribution in [2.45, 2.75) is 12.1 Å². The predicted molar refractivity (Wildman–Crippen MR) is 73.2 cm³/mol. The Morgan fingerprint density at radius 3 is 3.05 bits per heavy atom. The number of hydrogen-bond donors (Lipinski definition) is 3. The van der Waals surface area contributed by atoms with E-state index in [1.54, 1.807) is 13.3 Å². The molecule has 5 heteroatoms. The molecule has 1 fully saturated rings. The zero-order valence-corrected chi connectivity index (χ0v) is 10.8. The highest BCUT2D eigenvalue weighted by molar-refractivity contribution is 6.06. The molecule has 0 bridgehead atoms. The topological polar surface area (TPSA) is 66.2 Å². The minimum Gasteiger partial charge on any atom is -0.378 e. The number of carbonyl (C=O) groups is 1. The van der Waals surface area contributed by atoms with Gasteiger partial charge in [0.2, 0.25) is 0 Å². The standard InChI is InChI=1S/C14H17N3O2/c1-19-13-8-15-7-12(13)17-14(18)10-6-16-11-5-3-2-4-9(10)11/h2-6,12-13,15-16H,7-8H2,1H3,(H,17,18)/t12?,13-/m0/s1. The summed E-state index contributed by atoms with van der Waals surface area (Å²) in [6, 6.07) is 7.80. The van der Waals surface area contributed by atoms with Crippen LogP contribution in [-0.2, 0) is 4.74 Å². The second-order valence-corrected chi connectivity index (χ2v) is 4.76. The Bertz CT molecular complexity index is 593. The van der Waals surface area contributed by atoms with Gasteiger partial charge in [-0.25, -0.2) is 0 Å². The van der Waals surface area contributed by atoms with Crippen LogP contribution in [0.15, 0.2) is 30.5 Å². The van der Waals surface area contributed by atoms with E-state index >= 15 is 0 Å². The van der Waals surface area contributed by atoms with E-state index in [0.717, 1.165) is 24.0 Å². The molecule has 100 valence electrons. The average Bonchev–Trinajstić information content (AvgIpc) is 3.04. The summed E-state index contributed by atoms with van der Waals surface area (Å²) in [5.74, 6) is -0.0619. The van der Waals surface area contributed by atoms with Gasteiger partial charge in [-0.3, -0.25) is 4.79 Å². The number of H-pyrrole nitrogens is 1. The number of rotatable bonds is 3. The number of hydrogen-bond acceptors (Lipinski definition) is 3. The summed E-state index contributed by atoms with van der Waals surface area (Å²) in [5.41, 5.74) is 1.65. The van der Waals surface area contributed by atoms with Crippen LogP contribution in [-0.4, -0.2) is 43.2 Å². The third kappa shape index (κ3) is 2.22. The fourth-order valence-corrected chi connectivity index (χ4v) is 2.55. The summed E-state index contributed by atoms with van der Waals surface area (Å²) >= 11 is 0. The second kappa shape index (κ2) is 5.03. The maximum atomic E-state index is 12.3. The third-order valence-corrected chi connectivity index (χ3v) is 3.61. The second-order valence-electron chi connectivity index (χ2n) is 4.76. The lowest BCUT2D eigenvalue weighted by Gasteiger charge is -2.18. The highest BCUT2D eigenvalue weighted by Crippen LogP contribution is 2.18. The number of benzene rings is 1. The van der Waals surface area contributed by atoms with Crippen LogP contribution in [0.2, 0.25) is 0 Å². The molecule has 5 nitrogen and oxygen atoms in total. The Kier molecular flexibility index (Phi) is 3.23. The van der Waals surface area contributed by atoms with Gasteiger partial charge in [0.1, 0.15) is 0 Å². The first-order chi connectivity index (χ1) is 9.29. The maximum Gasteiger partial charge on any atom is 0.253 e. The molecule has 1 unspecified atom stereocenters. The van der Waals surface area contributed by atoms with Gasteiger partial charge in [0.05, 0.1) is 17.7 Å². The summed E-state index contributed by atoms with van der Waals surface area (Å²) in [6.45, 7) is 1.52. The van der Waals surface area contributed by atoms with Crippen LogP contribution in [0.25, 0.3) is 10.9 Å².